The van der Waals surface area contributed by atoms with Gasteiger partial charge in [0.1, 0.15) is 0 Å². The zero-order chi connectivity index (χ0) is 34.5. The molecule has 4 rings (SSSR count). The van der Waals surface area contributed by atoms with Gasteiger partial charge in [-0.25, -0.2) is 16.8 Å². The van der Waals surface area contributed by atoms with Crippen molar-refractivity contribution in [2.75, 3.05) is 38.0 Å². The molecule has 0 radical (unpaired) electrons. The van der Waals surface area contributed by atoms with Gasteiger partial charge in [-0.2, -0.15) is 26.3 Å². The van der Waals surface area contributed by atoms with Gasteiger partial charge in [0.2, 0.25) is 0 Å². The Morgan fingerprint density at radius 3 is 1.38 bits per heavy atom. The van der Waals surface area contributed by atoms with Crippen LogP contribution in [0.4, 0.5) is 37.7 Å². The second-order valence-electron chi connectivity index (χ2n) is 11.9. The van der Waals surface area contributed by atoms with Crippen molar-refractivity contribution < 1.29 is 65.6 Å². The quantitative estimate of drug-likeness (QED) is 0.151. The maximum absolute atomic E-state index is 11.4. The predicted octanol–water partition coefficient (Wildman–Crippen LogP) is 8.32. The molecule has 2 aliphatic carbocycles. The third kappa shape index (κ3) is 10.6. The summed E-state index contributed by atoms with van der Waals surface area (Å²) in [5.74, 6) is 0. The minimum Gasteiger partial charge on any atom is -0.421 e. The van der Waals surface area contributed by atoms with Gasteiger partial charge in [-0.15, -0.1) is 0 Å². The van der Waals surface area contributed by atoms with Crippen LogP contribution in [0.1, 0.15) is 64.2 Å². The Kier molecular flexibility index (Phi) is 15.2. The molecule has 2 aliphatic rings. The second-order valence-corrected chi connectivity index (χ2v) is 18.1. The number of alkyl halides is 6. The topological polar surface area (TPSA) is 88.9 Å². The summed E-state index contributed by atoms with van der Waals surface area (Å²) in [6, 6.07) is 16.3. The van der Waals surface area contributed by atoms with Crippen molar-refractivity contribution in [2.45, 2.75) is 86.5 Å². The van der Waals surface area contributed by atoms with E-state index in [1.807, 2.05) is 0 Å². The fourth-order valence-corrected chi connectivity index (χ4v) is 11.7. The van der Waals surface area contributed by atoms with Crippen molar-refractivity contribution in [1.82, 2.24) is 0 Å². The summed E-state index contributed by atoms with van der Waals surface area (Å²) in [5, 5.41) is 1.69. The molecule has 270 valence electrons. The van der Waals surface area contributed by atoms with Crippen molar-refractivity contribution >= 4 is 44.6 Å². The summed E-state index contributed by atoms with van der Waals surface area (Å²) in [4.78, 5) is 4.59. The summed E-state index contributed by atoms with van der Waals surface area (Å²) in [7, 11) is -4.83. The van der Waals surface area contributed by atoms with Crippen molar-refractivity contribution in [1.29, 1.82) is 0 Å². The fourth-order valence-electron chi connectivity index (χ4n) is 6.08. The molecule has 17 heteroatoms. The summed E-state index contributed by atoms with van der Waals surface area (Å²) >= 11 is 0. The molecule has 7 nitrogen and oxygen atoms in total. The maximum Gasteiger partial charge on any atom is 1.00 e. The molecule has 0 aromatic heterocycles. The van der Waals surface area contributed by atoms with Crippen LogP contribution in [0, 0.1) is 0 Å². The number of halogens is 6. The van der Waals surface area contributed by atoms with Gasteiger partial charge in [-0.05, 0) is 60.0 Å². The minimum absolute atomic E-state index is 0. The molecular weight excluding hydrogens is 872 g/mol. The zero-order valence-electron chi connectivity index (χ0n) is 26.6. The number of rotatable bonds is 8. The molecule has 0 N–H and O–H groups in total. The van der Waals surface area contributed by atoms with Crippen LogP contribution in [-0.4, -0.2) is 67.4 Å². The first-order valence-corrected chi connectivity index (χ1v) is 19.4. The predicted molar refractivity (Wildman–Crippen MR) is 174 cm³/mol. The van der Waals surface area contributed by atoms with E-state index in [2.05, 4.69) is 80.5 Å². The fraction of sp³-hybridized carbons (Fsp3) is 0.600. The molecule has 0 aliphatic heterocycles. The molecule has 2 fully saturated rings. The van der Waals surface area contributed by atoms with Gasteiger partial charge >= 0.3 is 33.4 Å². The third-order valence-corrected chi connectivity index (χ3v) is 14.4. The molecule has 0 saturated heterocycles. The van der Waals surface area contributed by atoms with Crippen LogP contribution >= 0.6 is 7.92 Å². The van der Waals surface area contributed by atoms with Crippen LogP contribution in [-0.2, 0) is 42.4 Å². The van der Waals surface area contributed by atoms with Gasteiger partial charge in [-0.1, -0.05) is 76.8 Å². The van der Waals surface area contributed by atoms with Gasteiger partial charge in [0, 0.05) is 45.1 Å². The standard InChI is InChI=1S/C28H41N2P.C2F6NO4S2.Au/c1-29(2)25-19-13-20-26(30(3)4)28(25)24-18-11-12-21-27(24)31(22-14-7-5-8-15-22)23-16-9-6-10-17-23;3-1(4,5)14(10,11)9-15(12,13)2(6,7)8;/h11-13,18-23H,5-10,14-17H2,1-4H3;;/q;-1;+1. The number of sulfonamides is 2. The smallest absolute Gasteiger partial charge is 0.421 e. The van der Waals surface area contributed by atoms with Gasteiger partial charge in [0.05, 0.1) is 0 Å². The molecule has 47 heavy (non-hydrogen) atoms. The van der Waals surface area contributed by atoms with Gasteiger partial charge in [-0.3, -0.25) is 0 Å². The van der Waals surface area contributed by atoms with Gasteiger partial charge in [0.25, 0.3) is 0 Å². The van der Waals surface area contributed by atoms with E-state index in [1.165, 1.54) is 86.7 Å². The van der Waals surface area contributed by atoms with Crippen molar-refractivity contribution in [3.8, 4) is 11.1 Å². The SMILES string of the molecule is CN(C)c1cccc(N(C)C)c1-c1ccccc1P(C1CCCCC1)C1CCCCC1.O=S(=O)([N-]S(=O)(=O)C(F)(F)F)C(F)(F)F.[Au+]. The molecule has 0 amide bonds. The molecule has 2 saturated carbocycles. The maximum atomic E-state index is 11.4. The molecular formula is C30H41AuF6N3O4PS2. The Hall–Kier alpha value is -1.35. The Bertz CT molecular complexity index is 1440. The Morgan fingerprint density at radius 2 is 1.02 bits per heavy atom. The monoisotopic (exact) mass is 913 g/mol. The van der Waals surface area contributed by atoms with Crippen LogP contribution in [0.5, 0.6) is 0 Å². The number of hydrogen-bond donors (Lipinski definition) is 0. The normalized spacial score (nSPS) is 17.0. The van der Waals surface area contributed by atoms with Crippen LogP contribution in [0.25, 0.3) is 15.3 Å². The van der Waals surface area contributed by atoms with Crippen LogP contribution < -0.4 is 15.1 Å². The van der Waals surface area contributed by atoms with E-state index >= 15 is 0 Å². The van der Waals surface area contributed by atoms with E-state index in [1.54, 1.807) is 5.30 Å². The van der Waals surface area contributed by atoms with Crippen LogP contribution in [0.2, 0.25) is 0 Å². The van der Waals surface area contributed by atoms with E-state index in [-0.39, 0.29) is 30.3 Å². The van der Waals surface area contributed by atoms with Gasteiger partial charge in [0.15, 0.2) is 20.0 Å². The number of benzene rings is 2. The molecule has 0 heterocycles. The van der Waals surface area contributed by atoms with E-state index < -0.39 is 31.1 Å². The summed E-state index contributed by atoms with van der Waals surface area (Å²) in [5.41, 5.74) is -4.98. The zero-order valence-corrected chi connectivity index (χ0v) is 31.3. The third-order valence-electron chi connectivity index (χ3n) is 8.15. The van der Waals surface area contributed by atoms with Crippen molar-refractivity contribution in [3.05, 3.63) is 46.6 Å². The Balaban J connectivity index is 0.000000410. The molecule has 0 spiro atoms. The van der Waals surface area contributed by atoms with Crippen molar-refractivity contribution in [2.24, 2.45) is 0 Å². The first-order chi connectivity index (χ1) is 21.3. The second kappa shape index (κ2) is 17.0. The molecule has 0 atom stereocenters. The van der Waals surface area contributed by atoms with Crippen LogP contribution in [0.3, 0.4) is 0 Å². The number of hydrogen-bond acceptors (Lipinski definition) is 6. The Morgan fingerprint density at radius 1 is 0.638 bits per heavy atom. The number of nitrogens with zero attached hydrogens (tertiary/aromatic N) is 3. The summed E-state index contributed by atoms with van der Waals surface area (Å²) < 4.78 is 109. The van der Waals surface area contributed by atoms with E-state index in [0.29, 0.717) is 0 Å². The first-order valence-electron chi connectivity index (χ1n) is 15.0. The molecule has 0 unspecified atom stereocenters. The average Bonchev–Trinajstić information content (AvgIpc) is 2.97. The van der Waals surface area contributed by atoms with Gasteiger partial charge < -0.3 is 13.9 Å². The molecule has 0 bridgehead atoms. The van der Waals surface area contributed by atoms with E-state index in [0.717, 1.165) is 15.4 Å². The Labute approximate surface area is 291 Å². The minimum atomic E-state index is -6.72. The first kappa shape index (κ1) is 41.8. The van der Waals surface area contributed by atoms with Crippen molar-refractivity contribution in [3.63, 3.8) is 0 Å². The molecule has 2 aromatic carbocycles. The molecule has 2 aromatic rings. The number of anilines is 2. The summed E-state index contributed by atoms with van der Waals surface area (Å²) in [6.45, 7) is 0. The average molecular weight is 914 g/mol. The largest absolute Gasteiger partial charge is 1.00 e. The van der Waals surface area contributed by atoms with E-state index in [4.69, 9.17) is 0 Å². The van der Waals surface area contributed by atoms with E-state index in [9.17, 15) is 43.2 Å². The van der Waals surface area contributed by atoms with Crippen LogP contribution in [0.15, 0.2) is 42.5 Å². The summed E-state index contributed by atoms with van der Waals surface area (Å²) in [6.07, 6.45) is 14.5.